The van der Waals surface area contributed by atoms with Crippen molar-refractivity contribution in [3.63, 3.8) is 0 Å². The SMILES string of the molecule is N#CC(CCOCC1CCCO1)NC1CC1. The molecule has 1 heterocycles. The molecule has 4 heteroatoms. The van der Waals surface area contributed by atoms with Crippen molar-refractivity contribution < 1.29 is 9.47 Å². The molecule has 0 radical (unpaired) electrons. The summed E-state index contributed by atoms with van der Waals surface area (Å²) in [6, 6.07) is 2.82. The highest BCUT2D eigenvalue weighted by Crippen LogP contribution is 2.19. The molecule has 0 aromatic rings. The first-order valence-corrected chi connectivity index (χ1v) is 6.23. The van der Waals surface area contributed by atoms with Crippen molar-refractivity contribution in [3.05, 3.63) is 0 Å². The van der Waals surface area contributed by atoms with Crippen molar-refractivity contribution in [2.75, 3.05) is 19.8 Å². The van der Waals surface area contributed by atoms with Gasteiger partial charge in [-0.2, -0.15) is 5.26 Å². The minimum absolute atomic E-state index is 0.0444. The standard InChI is InChI=1S/C12H20N2O2/c13-8-11(14-10-3-4-10)5-7-15-9-12-2-1-6-16-12/h10-12,14H,1-7,9H2. The van der Waals surface area contributed by atoms with E-state index in [-0.39, 0.29) is 12.1 Å². The first-order valence-electron chi connectivity index (χ1n) is 6.23. The van der Waals surface area contributed by atoms with Crippen LogP contribution in [0.15, 0.2) is 0 Å². The van der Waals surface area contributed by atoms with Crippen molar-refractivity contribution in [1.29, 1.82) is 5.26 Å². The third-order valence-corrected chi connectivity index (χ3v) is 3.05. The van der Waals surface area contributed by atoms with E-state index in [1.807, 2.05) is 0 Å². The summed E-state index contributed by atoms with van der Waals surface area (Å²) in [5, 5.41) is 12.2. The third kappa shape index (κ3) is 4.09. The minimum Gasteiger partial charge on any atom is -0.379 e. The van der Waals surface area contributed by atoms with E-state index in [4.69, 9.17) is 14.7 Å². The smallest absolute Gasteiger partial charge is 0.0977 e. The highest BCUT2D eigenvalue weighted by Gasteiger charge is 2.24. The van der Waals surface area contributed by atoms with Crippen LogP contribution in [0, 0.1) is 11.3 Å². The van der Waals surface area contributed by atoms with Crippen molar-refractivity contribution in [2.45, 2.75) is 50.3 Å². The summed E-state index contributed by atoms with van der Waals surface area (Å²) in [6.45, 7) is 2.21. The van der Waals surface area contributed by atoms with Crippen molar-refractivity contribution in [1.82, 2.24) is 5.32 Å². The van der Waals surface area contributed by atoms with Crippen molar-refractivity contribution >= 4 is 0 Å². The lowest BCUT2D eigenvalue weighted by Gasteiger charge is -2.13. The van der Waals surface area contributed by atoms with E-state index in [9.17, 15) is 0 Å². The maximum atomic E-state index is 8.92. The van der Waals surface area contributed by atoms with Crippen LogP contribution in [-0.4, -0.2) is 38.0 Å². The zero-order valence-corrected chi connectivity index (χ0v) is 9.65. The van der Waals surface area contributed by atoms with Gasteiger partial charge in [-0.05, 0) is 32.1 Å². The molecule has 2 aliphatic rings. The Labute approximate surface area is 96.9 Å². The second-order valence-corrected chi connectivity index (χ2v) is 4.62. The minimum atomic E-state index is -0.0444. The Kier molecular flexibility index (Phi) is 4.58. The number of nitrogens with zero attached hydrogens (tertiary/aromatic N) is 1. The molecule has 4 nitrogen and oxygen atoms in total. The molecule has 2 atom stereocenters. The average Bonchev–Trinajstić information content (AvgIpc) is 2.96. The zero-order valence-electron chi connectivity index (χ0n) is 9.65. The monoisotopic (exact) mass is 224 g/mol. The fourth-order valence-corrected chi connectivity index (χ4v) is 1.91. The molecule has 1 saturated heterocycles. The zero-order chi connectivity index (χ0) is 11.2. The molecule has 1 aliphatic carbocycles. The normalized spacial score (nSPS) is 26.6. The maximum absolute atomic E-state index is 8.92. The van der Waals surface area contributed by atoms with Crippen LogP contribution in [0.5, 0.6) is 0 Å². The van der Waals surface area contributed by atoms with Crippen LogP contribution in [0.1, 0.15) is 32.1 Å². The summed E-state index contributed by atoms with van der Waals surface area (Å²) in [5.41, 5.74) is 0. The lowest BCUT2D eigenvalue weighted by molar-refractivity contribution is 0.0155. The molecular weight excluding hydrogens is 204 g/mol. The number of nitriles is 1. The van der Waals surface area contributed by atoms with Crippen LogP contribution in [0.4, 0.5) is 0 Å². The largest absolute Gasteiger partial charge is 0.379 e. The second kappa shape index (κ2) is 6.19. The Balaban J connectivity index is 1.50. The number of hydrogen-bond donors (Lipinski definition) is 1. The molecule has 1 saturated carbocycles. The van der Waals surface area contributed by atoms with Gasteiger partial charge in [-0.25, -0.2) is 0 Å². The van der Waals surface area contributed by atoms with Gasteiger partial charge in [0, 0.05) is 19.3 Å². The van der Waals surface area contributed by atoms with Crippen molar-refractivity contribution in [3.8, 4) is 6.07 Å². The van der Waals surface area contributed by atoms with Gasteiger partial charge in [0.15, 0.2) is 0 Å². The predicted octanol–water partition coefficient (Wildman–Crippen LogP) is 1.22. The Morgan fingerprint density at radius 1 is 1.44 bits per heavy atom. The van der Waals surface area contributed by atoms with E-state index in [0.29, 0.717) is 19.3 Å². The first kappa shape index (κ1) is 11.8. The van der Waals surface area contributed by atoms with E-state index >= 15 is 0 Å². The molecule has 2 rings (SSSR count). The van der Waals surface area contributed by atoms with Gasteiger partial charge in [-0.3, -0.25) is 5.32 Å². The fraction of sp³-hybridized carbons (Fsp3) is 0.917. The number of rotatable bonds is 7. The highest BCUT2D eigenvalue weighted by atomic mass is 16.5. The Bertz CT molecular complexity index is 242. The van der Waals surface area contributed by atoms with E-state index in [2.05, 4.69) is 11.4 Å². The van der Waals surface area contributed by atoms with Crippen LogP contribution in [-0.2, 0) is 9.47 Å². The summed E-state index contributed by atoms with van der Waals surface area (Å²) >= 11 is 0. The molecule has 0 aromatic carbocycles. The molecule has 2 fully saturated rings. The van der Waals surface area contributed by atoms with Crippen LogP contribution in [0.2, 0.25) is 0 Å². The van der Waals surface area contributed by atoms with Gasteiger partial charge in [-0.15, -0.1) is 0 Å². The van der Waals surface area contributed by atoms with E-state index in [1.165, 1.54) is 12.8 Å². The summed E-state index contributed by atoms with van der Waals surface area (Å²) in [4.78, 5) is 0. The fourth-order valence-electron chi connectivity index (χ4n) is 1.91. The van der Waals surface area contributed by atoms with Gasteiger partial charge < -0.3 is 9.47 Å². The molecule has 0 spiro atoms. The summed E-state index contributed by atoms with van der Waals surface area (Å²) in [5.74, 6) is 0. The average molecular weight is 224 g/mol. The van der Waals surface area contributed by atoms with Gasteiger partial charge in [-0.1, -0.05) is 0 Å². The summed E-state index contributed by atoms with van der Waals surface area (Å²) in [6.07, 6.45) is 5.76. The molecule has 2 unspecified atom stereocenters. The third-order valence-electron chi connectivity index (χ3n) is 3.05. The number of nitrogens with one attached hydrogen (secondary N) is 1. The van der Waals surface area contributed by atoms with Crippen LogP contribution < -0.4 is 5.32 Å². The van der Waals surface area contributed by atoms with E-state index in [1.54, 1.807) is 0 Å². The van der Waals surface area contributed by atoms with Crippen LogP contribution >= 0.6 is 0 Å². The van der Waals surface area contributed by atoms with Gasteiger partial charge in [0.1, 0.15) is 0 Å². The predicted molar refractivity (Wildman–Crippen MR) is 60.0 cm³/mol. The topological polar surface area (TPSA) is 54.3 Å². The Morgan fingerprint density at radius 3 is 2.94 bits per heavy atom. The first-order chi connectivity index (χ1) is 7.88. The molecule has 1 N–H and O–H groups in total. The Hall–Kier alpha value is -0.630. The van der Waals surface area contributed by atoms with E-state index in [0.717, 1.165) is 25.9 Å². The lowest BCUT2D eigenvalue weighted by Crippen LogP contribution is -2.31. The van der Waals surface area contributed by atoms with Gasteiger partial charge in [0.2, 0.25) is 0 Å². The van der Waals surface area contributed by atoms with E-state index < -0.39 is 0 Å². The van der Waals surface area contributed by atoms with Crippen LogP contribution in [0.25, 0.3) is 0 Å². The highest BCUT2D eigenvalue weighted by molar-refractivity contribution is 4.95. The summed E-state index contributed by atoms with van der Waals surface area (Å²) in [7, 11) is 0. The molecule has 0 bridgehead atoms. The molecule has 16 heavy (non-hydrogen) atoms. The maximum Gasteiger partial charge on any atom is 0.0977 e. The second-order valence-electron chi connectivity index (χ2n) is 4.62. The summed E-state index contributed by atoms with van der Waals surface area (Å²) < 4.78 is 11.0. The van der Waals surface area contributed by atoms with Gasteiger partial charge in [0.05, 0.1) is 24.8 Å². The van der Waals surface area contributed by atoms with Crippen LogP contribution in [0.3, 0.4) is 0 Å². The quantitative estimate of drug-likeness (QED) is 0.661. The molecule has 90 valence electrons. The molecule has 1 aliphatic heterocycles. The van der Waals surface area contributed by atoms with Gasteiger partial charge >= 0.3 is 0 Å². The molecule has 0 amide bonds. The molecule has 0 aromatic heterocycles. The lowest BCUT2D eigenvalue weighted by atomic mass is 10.2. The molecular formula is C12H20N2O2. The van der Waals surface area contributed by atoms with Gasteiger partial charge in [0.25, 0.3) is 0 Å². The van der Waals surface area contributed by atoms with Crippen molar-refractivity contribution in [2.24, 2.45) is 0 Å². The number of ether oxygens (including phenoxy) is 2. The number of hydrogen-bond acceptors (Lipinski definition) is 4. The Morgan fingerprint density at radius 2 is 2.31 bits per heavy atom.